The van der Waals surface area contributed by atoms with Gasteiger partial charge in [0, 0.05) is 12.3 Å². The molecule has 0 aliphatic rings. The molecular weight excluding hydrogens is 285 g/mol. The van der Waals surface area contributed by atoms with Crippen LogP contribution in [0.25, 0.3) is 6.08 Å². The second-order valence-corrected chi connectivity index (χ2v) is 4.08. The molecule has 4 nitrogen and oxygen atoms in total. The Labute approximate surface area is 118 Å². The van der Waals surface area contributed by atoms with Crippen LogP contribution in [-0.4, -0.2) is 23.6 Å². The molecule has 0 bridgehead atoms. The number of rotatable bonds is 4. The van der Waals surface area contributed by atoms with Crippen LogP contribution in [0.5, 0.6) is 0 Å². The minimum Gasteiger partial charge on any atom is -0.465 e. The van der Waals surface area contributed by atoms with Gasteiger partial charge < -0.3 is 4.42 Å². The van der Waals surface area contributed by atoms with E-state index in [2.05, 4.69) is 4.98 Å². The van der Waals surface area contributed by atoms with Crippen LogP contribution in [0.2, 0.25) is 0 Å². The van der Waals surface area contributed by atoms with E-state index in [0.717, 1.165) is 6.08 Å². The summed E-state index contributed by atoms with van der Waals surface area (Å²) in [5, 5.41) is 0. The number of anilines is 1. The second-order valence-electron chi connectivity index (χ2n) is 4.08. The molecule has 7 heteroatoms. The molecule has 1 amide bonds. The predicted molar refractivity (Wildman–Crippen MR) is 70.4 cm³/mol. The molecule has 2 rings (SSSR count). The lowest BCUT2D eigenvalue weighted by Gasteiger charge is -2.21. The Morgan fingerprint density at radius 1 is 1.29 bits per heavy atom. The van der Waals surface area contributed by atoms with Crippen molar-refractivity contribution in [2.45, 2.75) is 6.18 Å². The quantitative estimate of drug-likeness (QED) is 0.813. The van der Waals surface area contributed by atoms with Gasteiger partial charge in [0.25, 0.3) is 5.91 Å². The topological polar surface area (TPSA) is 46.3 Å². The number of pyridine rings is 1. The Morgan fingerprint density at radius 3 is 2.67 bits per heavy atom. The van der Waals surface area contributed by atoms with Gasteiger partial charge >= 0.3 is 6.18 Å². The van der Waals surface area contributed by atoms with Gasteiger partial charge in [0.2, 0.25) is 0 Å². The summed E-state index contributed by atoms with van der Waals surface area (Å²) in [6, 6.07) is 7.59. The molecule has 0 aliphatic carbocycles. The van der Waals surface area contributed by atoms with Crippen molar-refractivity contribution < 1.29 is 22.4 Å². The molecule has 0 saturated heterocycles. The summed E-state index contributed by atoms with van der Waals surface area (Å²) in [6.07, 6.45) is 0.512. The number of furan rings is 1. The van der Waals surface area contributed by atoms with E-state index < -0.39 is 18.6 Å². The first-order valence-electron chi connectivity index (χ1n) is 5.96. The van der Waals surface area contributed by atoms with Crippen LogP contribution >= 0.6 is 0 Å². The summed E-state index contributed by atoms with van der Waals surface area (Å²) in [4.78, 5) is 16.3. The summed E-state index contributed by atoms with van der Waals surface area (Å²) in [7, 11) is 0. The molecule has 0 aliphatic heterocycles. The van der Waals surface area contributed by atoms with Crippen LogP contribution in [0.1, 0.15) is 5.76 Å². The van der Waals surface area contributed by atoms with Crippen molar-refractivity contribution in [3.8, 4) is 0 Å². The SMILES string of the molecule is O=C(C=Cc1ccco1)N(CC(F)(F)F)c1ccccn1. The lowest BCUT2D eigenvalue weighted by Crippen LogP contribution is -2.38. The lowest BCUT2D eigenvalue weighted by molar-refractivity contribution is -0.130. The van der Waals surface area contributed by atoms with E-state index in [0.29, 0.717) is 10.7 Å². The Morgan fingerprint density at radius 2 is 2.10 bits per heavy atom. The zero-order valence-electron chi connectivity index (χ0n) is 10.7. The Bertz CT molecular complexity index is 607. The van der Waals surface area contributed by atoms with Crippen molar-refractivity contribution in [2.75, 3.05) is 11.4 Å². The number of amides is 1. The summed E-state index contributed by atoms with van der Waals surface area (Å²) in [5.74, 6) is -0.525. The van der Waals surface area contributed by atoms with Gasteiger partial charge in [0.1, 0.15) is 18.1 Å². The second kappa shape index (κ2) is 6.25. The maximum Gasteiger partial charge on any atom is 0.406 e. The van der Waals surface area contributed by atoms with Crippen LogP contribution in [0.15, 0.2) is 53.3 Å². The largest absolute Gasteiger partial charge is 0.465 e. The van der Waals surface area contributed by atoms with Crippen LogP contribution < -0.4 is 4.90 Å². The van der Waals surface area contributed by atoms with Gasteiger partial charge in [-0.2, -0.15) is 13.2 Å². The van der Waals surface area contributed by atoms with Crippen molar-refractivity contribution in [2.24, 2.45) is 0 Å². The van der Waals surface area contributed by atoms with Crippen LogP contribution in [0.3, 0.4) is 0 Å². The minimum atomic E-state index is -4.52. The van der Waals surface area contributed by atoms with Gasteiger partial charge in [-0.1, -0.05) is 6.07 Å². The highest BCUT2D eigenvalue weighted by atomic mass is 19.4. The smallest absolute Gasteiger partial charge is 0.406 e. The van der Waals surface area contributed by atoms with E-state index in [-0.39, 0.29) is 5.82 Å². The Hall–Kier alpha value is -2.57. The van der Waals surface area contributed by atoms with E-state index in [1.54, 1.807) is 18.2 Å². The van der Waals surface area contributed by atoms with Crippen molar-refractivity contribution in [1.82, 2.24) is 4.98 Å². The molecule has 0 N–H and O–H groups in total. The molecule has 0 spiro atoms. The molecule has 2 aromatic heterocycles. The standard InChI is InChI=1S/C14H11F3N2O2/c15-14(16,17)10-19(12-5-1-2-8-18-12)13(20)7-6-11-4-3-9-21-11/h1-9H,10H2. The average molecular weight is 296 g/mol. The summed E-state index contributed by atoms with van der Waals surface area (Å²) in [5.41, 5.74) is 0. The van der Waals surface area contributed by atoms with Crippen molar-refractivity contribution in [3.63, 3.8) is 0 Å². The van der Waals surface area contributed by atoms with Crippen molar-refractivity contribution in [3.05, 3.63) is 54.6 Å². The number of aromatic nitrogens is 1. The number of nitrogens with zero attached hydrogens (tertiary/aromatic N) is 2. The monoisotopic (exact) mass is 296 g/mol. The van der Waals surface area contributed by atoms with E-state index in [9.17, 15) is 18.0 Å². The summed E-state index contributed by atoms with van der Waals surface area (Å²) < 4.78 is 42.8. The first kappa shape index (κ1) is 14.8. The van der Waals surface area contributed by atoms with Crippen molar-refractivity contribution in [1.29, 1.82) is 0 Å². The van der Waals surface area contributed by atoms with E-state index in [1.807, 2.05) is 0 Å². The highest BCUT2D eigenvalue weighted by molar-refractivity contribution is 6.03. The molecule has 21 heavy (non-hydrogen) atoms. The summed E-state index contributed by atoms with van der Waals surface area (Å²) >= 11 is 0. The molecule has 0 atom stereocenters. The molecular formula is C14H11F3N2O2. The van der Waals surface area contributed by atoms with E-state index in [4.69, 9.17) is 4.42 Å². The van der Waals surface area contributed by atoms with Gasteiger partial charge in [0.05, 0.1) is 6.26 Å². The fourth-order valence-corrected chi connectivity index (χ4v) is 1.59. The number of carbonyl (C=O) groups is 1. The molecule has 0 aromatic carbocycles. The Balaban J connectivity index is 2.21. The van der Waals surface area contributed by atoms with Gasteiger partial charge in [0.15, 0.2) is 0 Å². The van der Waals surface area contributed by atoms with Gasteiger partial charge in [-0.3, -0.25) is 9.69 Å². The highest BCUT2D eigenvalue weighted by Crippen LogP contribution is 2.21. The number of carbonyl (C=O) groups excluding carboxylic acids is 1. The van der Waals surface area contributed by atoms with E-state index >= 15 is 0 Å². The first-order chi connectivity index (χ1) is 9.96. The van der Waals surface area contributed by atoms with Gasteiger partial charge in [-0.15, -0.1) is 0 Å². The number of alkyl halides is 3. The average Bonchev–Trinajstić information content (AvgIpc) is 2.95. The fourth-order valence-electron chi connectivity index (χ4n) is 1.59. The number of hydrogen-bond donors (Lipinski definition) is 0. The molecule has 0 unspecified atom stereocenters. The van der Waals surface area contributed by atoms with Gasteiger partial charge in [-0.25, -0.2) is 4.98 Å². The molecule has 0 saturated carbocycles. The molecule has 2 heterocycles. The maximum absolute atomic E-state index is 12.6. The maximum atomic E-state index is 12.6. The Kier molecular flexibility index (Phi) is 4.42. The van der Waals surface area contributed by atoms with Crippen molar-refractivity contribution >= 4 is 17.8 Å². The highest BCUT2D eigenvalue weighted by Gasteiger charge is 2.33. The van der Waals surface area contributed by atoms with Crippen LogP contribution in [0.4, 0.5) is 19.0 Å². The molecule has 0 radical (unpaired) electrons. The first-order valence-corrected chi connectivity index (χ1v) is 5.96. The fraction of sp³-hybridized carbons (Fsp3) is 0.143. The van der Waals surface area contributed by atoms with Crippen LogP contribution in [-0.2, 0) is 4.79 Å². The normalized spacial score (nSPS) is 11.8. The third-order valence-corrected chi connectivity index (χ3v) is 2.46. The lowest BCUT2D eigenvalue weighted by atomic mass is 10.3. The minimum absolute atomic E-state index is 0.0658. The molecule has 110 valence electrons. The third-order valence-electron chi connectivity index (χ3n) is 2.46. The molecule has 2 aromatic rings. The summed E-state index contributed by atoms with van der Waals surface area (Å²) in [6.45, 7) is -1.41. The van der Waals surface area contributed by atoms with E-state index in [1.165, 1.54) is 30.7 Å². The van der Waals surface area contributed by atoms with Crippen LogP contribution in [0, 0.1) is 0 Å². The van der Waals surface area contributed by atoms with Gasteiger partial charge in [-0.05, 0) is 30.3 Å². The third kappa shape index (κ3) is 4.48. The predicted octanol–water partition coefficient (Wildman–Crippen LogP) is 3.28. The number of hydrogen-bond acceptors (Lipinski definition) is 3. The number of halogens is 3. The zero-order chi connectivity index (χ0) is 15.3. The zero-order valence-corrected chi connectivity index (χ0v) is 10.7. The molecule has 0 fully saturated rings.